The minimum absolute atomic E-state index is 0.0280. The second kappa shape index (κ2) is 9.48. The van der Waals surface area contributed by atoms with Crippen LogP contribution in [0, 0.1) is 0 Å². The molecule has 1 saturated heterocycles. The monoisotopic (exact) mass is 351 g/mol. The Labute approximate surface area is 149 Å². The first-order chi connectivity index (χ1) is 12.0. The van der Waals surface area contributed by atoms with Crippen LogP contribution in [0.15, 0.2) is 18.2 Å². The zero-order chi connectivity index (χ0) is 18.2. The summed E-state index contributed by atoms with van der Waals surface area (Å²) in [5.41, 5.74) is 1.05. The van der Waals surface area contributed by atoms with Crippen LogP contribution >= 0.6 is 0 Å². The van der Waals surface area contributed by atoms with Gasteiger partial charge in [0.2, 0.25) is 0 Å². The van der Waals surface area contributed by atoms with E-state index in [9.17, 15) is 4.79 Å². The van der Waals surface area contributed by atoms with E-state index in [1.165, 1.54) is 0 Å². The molecule has 7 nitrogen and oxygen atoms in total. The number of hydrogen-bond donors (Lipinski definition) is 2. The molecule has 2 N–H and O–H groups in total. The number of carbonyl (C=O) groups excluding carboxylic acids is 1. The van der Waals surface area contributed by atoms with Crippen LogP contribution in [0.5, 0.6) is 11.5 Å². The van der Waals surface area contributed by atoms with Gasteiger partial charge in [-0.2, -0.15) is 0 Å². The van der Waals surface area contributed by atoms with Crippen molar-refractivity contribution in [2.24, 2.45) is 0 Å². The fraction of sp³-hybridized carbons (Fsp3) is 0.611. The molecular weight excluding hydrogens is 322 g/mol. The SMILES string of the molecule is COc1ccc(C(CNC(=O)NC2CCOCC2)N(C)C)cc1OC. The van der Waals surface area contributed by atoms with Crippen molar-refractivity contribution in [1.29, 1.82) is 0 Å². The lowest BCUT2D eigenvalue weighted by Crippen LogP contribution is -2.46. The first-order valence-corrected chi connectivity index (χ1v) is 8.55. The van der Waals surface area contributed by atoms with E-state index in [0.717, 1.165) is 18.4 Å². The molecule has 0 aliphatic carbocycles. The number of hydrogen-bond acceptors (Lipinski definition) is 5. The third kappa shape index (κ3) is 5.51. The van der Waals surface area contributed by atoms with Crippen molar-refractivity contribution < 1.29 is 19.0 Å². The van der Waals surface area contributed by atoms with Crippen molar-refractivity contribution in [2.45, 2.75) is 24.9 Å². The van der Waals surface area contributed by atoms with E-state index in [-0.39, 0.29) is 18.1 Å². The Morgan fingerprint density at radius 1 is 1.24 bits per heavy atom. The maximum Gasteiger partial charge on any atom is 0.315 e. The van der Waals surface area contributed by atoms with Gasteiger partial charge in [-0.25, -0.2) is 4.79 Å². The zero-order valence-corrected chi connectivity index (χ0v) is 15.5. The smallest absolute Gasteiger partial charge is 0.315 e. The fourth-order valence-electron chi connectivity index (χ4n) is 2.93. The average Bonchev–Trinajstić information content (AvgIpc) is 2.62. The molecule has 7 heteroatoms. The molecular formula is C18H29N3O4. The van der Waals surface area contributed by atoms with Crippen molar-refractivity contribution in [3.05, 3.63) is 23.8 Å². The summed E-state index contributed by atoms with van der Waals surface area (Å²) in [6.07, 6.45) is 1.72. The Hall–Kier alpha value is -1.99. The fourth-order valence-corrected chi connectivity index (χ4v) is 2.93. The Morgan fingerprint density at radius 2 is 1.92 bits per heavy atom. The van der Waals surface area contributed by atoms with Gasteiger partial charge in [-0.3, -0.25) is 0 Å². The van der Waals surface area contributed by atoms with E-state index >= 15 is 0 Å². The van der Waals surface area contributed by atoms with Crippen molar-refractivity contribution in [1.82, 2.24) is 15.5 Å². The highest BCUT2D eigenvalue weighted by molar-refractivity contribution is 5.74. The molecule has 0 aromatic heterocycles. The third-order valence-corrected chi connectivity index (χ3v) is 4.43. The van der Waals surface area contributed by atoms with Gasteiger partial charge < -0.3 is 29.7 Å². The first kappa shape index (κ1) is 19.3. The van der Waals surface area contributed by atoms with E-state index in [1.54, 1.807) is 14.2 Å². The largest absolute Gasteiger partial charge is 0.493 e. The van der Waals surface area contributed by atoms with Crippen LogP contribution in [0.3, 0.4) is 0 Å². The van der Waals surface area contributed by atoms with Gasteiger partial charge in [-0.05, 0) is 44.6 Å². The lowest BCUT2D eigenvalue weighted by atomic mass is 10.1. The maximum atomic E-state index is 12.2. The zero-order valence-electron chi connectivity index (χ0n) is 15.5. The van der Waals surface area contributed by atoms with Crippen LogP contribution in [0.4, 0.5) is 4.79 Å². The summed E-state index contributed by atoms with van der Waals surface area (Å²) in [5.74, 6) is 1.37. The normalized spacial score (nSPS) is 16.4. The van der Waals surface area contributed by atoms with Crippen LogP contribution < -0.4 is 20.1 Å². The van der Waals surface area contributed by atoms with Gasteiger partial charge in [0.1, 0.15) is 0 Å². The number of urea groups is 1. The quantitative estimate of drug-likeness (QED) is 0.784. The molecule has 1 aliphatic rings. The van der Waals surface area contributed by atoms with Crippen molar-refractivity contribution in [3.63, 3.8) is 0 Å². The summed E-state index contributed by atoms with van der Waals surface area (Å²) in [7, 11) is 7.20. The third-order valence-electron chi connectivity index (χ3n) is 4.43. The number of nitrogens with one attached hydrogen (secondary N) is 2. The number of benzene rings is 1. The molecule has 1 aliphatic heterocycles. The summed E-state index contributed by atoms with van der Waals surface area (Å²) in [4.78, 5) is 14.2. The molecule has 25 heavy (non-hydrogen) atoms. The molecule has 1 atom stereocenters. The molecule has 0 bridgehead atoms. The summed E-state index contributed by atoms with van der Waals surface area (Å²) in [6.45, 7) is 1.91. The molecule has 0 saturated carbocycles. The van der Waals surface area contributed by atoms with E-state index < -0.39 is 0 Å². The number of methoxy groups -OCH3 is 2. The van der Waals surface area contributed by atoms with Crippen LogP contribution in [0.1, 0.15) is 24.4 Å². The molecule has 2 amide bonds. The summed E-state index contributed by atoms with van der Waals surface area (Å²) in [6, 6.07) is 5.89. The Morgan fingerprint density at radius 3 is 2.52 bits per heavy atom. The number of rotatable bonds is 7. The van der Waals surface area contributed by atoms with Gasteiger partial charge in [0.05, 0.1) is 20.3 Å². The summed E-state index contributed by atoms with van der Waals surface area (Å²) < 4.78 is 16.0. The van der Waals surface area contributed by atoms with Gasteiger partial charge in [-0.15, -0.1) is 0 Å². The number of carbonyl (C=O) groups is 1. The molecule has 140 valence electrons. The number of nitrogens with zero attached hydrogens (tertiary/aromatic N) is 1. The van der Waals surface area contributed by atoms with Crippen LogP contribution in [-0.4, -0.2) is 65.0 Å². The average molecular weight is 351 g/mol. The van der Waals surface area contributed by atoms with Crippen LogP contribution in [0.2, 0.25) is 0 Å². The first-order valence-electron chi connectivity index (χ1n) is 8.55. The molecule has 1 heterocycles. The lowest BCUT2D eigenvalue weighted by molar-refractivity contribution is 0.0800. The van der Waals surface area contributed by atoms with E-state index in [4.69, 9.17) is 14.2 Å². The topological polar surface area (TPSA) is 72.1 Å². The van der Waals surface area contributed by atoms with Gasteiger partial charge in [-0.1, -0.05) is 6.07 Å². The standard InChI is InChI=1S/C18H29N3O4/c1-21(2)15(13-5-6-16(23-3)17(11-13)24-4)12-19-18(22)20-14-7-9-25-10-8-14/h5-6,11,14-15H,7-10,12H2,1-4H3,(H2,19,20,22). The van der Waals surface area contributed by atoms with Gasteiger partial charge in [0, 0.05) is 25.8 Å². The highest BCUT2D eigenvalue weighted by atomic mass is 16.5. The highest BCUT2D eigenvalue weighted by Crippen LogP contribution is 2.31. The van der Waals surface area contributed by atoms with Crippen molar-refractivity contribution >= 4 is 6.03 Å². The molecule has 2 rings (SSSR count). The second-order valence-corrected chi connectivity index (χ2v) is 6.33. The lowest BCUT2D eigenvalue weighted by Gasteiger charge is -2.27. The Bertz CT molecular complexity index is 559. The van der Waals surface area contributed by atoms with E-state index in [0.29, 0.717) is 31.3 Å². The van der Waals surface area contributed by atoms with E-state index in [2.05, 4.69) is 15.5 Å². The minimum atomic E-state index is -0.140. The molecule has 1 fully saturated rings. The highest BCUT2D eigenvalue weighted by Gasteiger charge is 2.19. The van der Waals surface area contributed by atoms with E-state index in [1.807, 2.05) is 32.3 Å². The molecule has 0 spiro atoms. The predicted molar refractivity (Wildman–Crippen MR) is 96.3 cm³/mol. The molecule has 1 aromatic rings. The summed E-state index contributed by atoms with van der Waals surface area (Å²) >= 11 is 0. The van der Waals surface area contributed by atoms with Crippen molar-refractivity contribution in [2.75, 3.05) is 48.1 Å². The molecule has 0 radical (unpaired) electrons. The summed E-state index contributed by atoms with van der Waals surface area (Å²) in [5, 5.41) is 5.98. The Kier molecular flexibility index (Phi) is 7.33. The number of ether oxygens (including phenoxy) is 3. The maximum absolute atomic E-state index is 12.2. The predicted octanol–water partition coefficient (Wildman–Crippen LogP) is 1.78. The number of likely N-dealkylation sites (N-methyl/N-ethyl adjacent to an activating group) is 1. The number of amides is 2. The van der Waals surface area contributed by atoms with Gasteiger partial charge in [0.25, 0.3) is 0 Å². The van der Waals surface area contributed by atoms with Crippen LogP contribution in [-0.2, 0) is 4.74 Å². The van der Waals surface area contributed by atoms with Crippen LogP contribution in [0.25, 0.3) is 0 Å². The van der Waals surface area contributed by atoms with Gasteiger partial charge in [0.15, 0.2) is 11.5 Å². The minimum Gasteiger partial charge on any atom is -0.493 e. The van der Waals surface area contributed by atoms with Crippen molar-refractivity contribution in [3.8, 4) is 11.5 Å². The molecule has 1 unspecified atom stereocenters. The Balaban J connectivity index is 1.97. The van der Waals surface area contributed by atoms with Gasteiger partial charge >= 0.3 is 6.03 Å². The second-order valence-electron chi connectivity index (χ2n) is 6.33. The molecule has 1 aromatic carbocycles.